The molecule has 4 nitrogen and oxygen atoms in total. The SMILES string of the molecule is CC1(C)CC(=O)CC(c2ccc(Cl)cc2)C1[N+](=O)[O-]. The number of hydrogen-bond donors (Lipinski definition) is 0. The summed E-state index contributed by atoms with van der Waals surface area (Å²) in [6.45, 7) is 3.58. The molecular weight excluding hydrogens is 266 g/mol. The maximum absolute atomic E-state index is 11.8. The lowest BCUT2D eigenvalue weighted by atomic mass is 9.66. The predicted octanol–water partition coefficient (Wildman–Crippen LogP) is 3.46. The van der Waals surface area contributed by atoms with E-state index in [1.807, 2.05) is 0 Å². The Morgan fingerprint density at radius 2 is 1.89 bits per heavy atom. The van der Waals surface area contributed by atoms with Crippen LogP contribution in [0.1, 0.15) is 38.2 Å². The Hall–Kier alpha value is -1.42. The third-order valence-corrected chi connectivity index (χ3v) is 4.06. The molecule has 0 heterocycles. The van der Waals surface area contributed by atoms with E-state index in [0.29, 0.717) is 5.02 Å². The first-order valence-electron chi connectivity index (χ1n) is 6.22. The summed E-state index contributed by atoms with van der Waals surface area (Å²) in [5.41, 5.74) is 0.190. The molecule has 1 aromatic rings. The third-order valence-electron chi connectivity index (χ3n) is 3.81. The van der Waals surface area contributed by atoms with Gasteiger partial charge in [0.25, 0.3) is 0 Å². The fourth-order valence-electron chi connectivity index (χ4n) is 3.03. The van der Waals surface area contributed by atoms with Crippen molar-refractivity contribution in [2.24, 2.45) is 5.41 Å². The molecule has 2 unspecified atom stereocenters. The molecular formula is C14H16ClNO3. The minimum Gasteiger partial charge on any atom is -0.300 e. The molecule has 0 N–H and O–H groups in total. The minimum atomic E-state index is -0.744. The first-order valence-corrected chi connectivity index (χ1v) is 6.60. The summed E-state index contributed by atoms with van der Waals surface area (Å²) >= 11 is 5.83. The van der Waals surface area contributed by atoms with Gasteiger partial charge in [0, 0.05) is 28.2 Å². The summed E-state index contributed by atoms with van der Waals surface area (Å²) in [7, 11) is 0. The Morgan fingerprint density at radius 3 is 2.42 bits per heavy atom. The van der Waals surface area contributed by atoms with Gasteiger partial charge in [-0.2, -0.15) is 0 Å². The van der Waals surface area contributed by atoms with Crippen LogP contribution >= 0.6 is 11.6 Å². The van der Waals surface area contributed by atoms with Crippen LogP contribution in [0.3, 0.4) is 0 Å². The summed E-state index contributed by atoms with van der Waals surface area (Å²) in [6, 6.07) is 6.22. The molecule has 0 aromatic heterocycles. The van der Waals surface area contributed by atoms with Gasteiger partial charge in [0.05, 0.1) is 5.92 Å². The van der Waals surface area contributed by atoms with Gasteiger partial charge in [-0.25, -0.2) is 0 Å². The monoisotopic (exact) mass is 281 g/mol. The summed E-state index contributed by atoms with van der Waals surface area (Å²) in [5, 5.41) is 12.0. The van der Waals surface area contributed by atoms with Crippen molar-refractivity contribution in [2.45, 2.75) is 38.6 Å². The van der Waals surface area contributed by atoms with Crippen molar-refractivity contribution in [1.29, 1.82) is 0 Å². The molecule has 1 fully saturated rings. The highest BCUT2D eigenvalue weighted by molar-refractivity contribution is 6.30. The number of benzene rings is 1. The first-order chi connectivity index (χ1) is 8.81. The van der Waals surface area contributed by atoms with Crippen LogP contribution in [0.15, 0.2) is 24.3 Å². The second-order valence-electron chi connectivity index (χ2n) is 5.80. The summed E-state index contributed by atoms with van der Waals surface area (Å²) in [5.74, 6) is -0.286. The molecule has 0 amide bonds. The van der Waals surface area contributed by atoms with Crippen LogP contribution in [-0.4, -0.2) is 16.7 Å². The fraction of sp³-hybridized carbons (Fsp3) is 0.500. The Bertz CT molecular complexity index is 510. The zero-order valence-corrected chi connectivity index (χ0v) is 11.7. The molecule has 1 aliphatic rings. The number of nitro groups is 1. The normalized spacial score (nSPS) is 26.2. The highest BCUT2D eigenvalue weighted by Gasteiger charge is 2.50. The van der Waals surface area contributed by atoms with Crippen LogP contribution < -0.4 is 0 Å². The van der Waals surface area contributed by atoms with E-state index in [0.717, 1.165) is 5.56 Å². The average Bonchev–Trinajstić information content (AvgIpc) is 2.26. The first kappa shape index (κ1) is 14.0. The Labute approximate surface area is 116 Å². The lowest BCUT2D eigenvalue weighted by molar-refractivity contribution is -0.546. The Kier molecular flexibility index (Phi) is 3.63. The van der Waals surface area contributed by atoms with Gasteiger partial charge in [-0.05, 0) is 17.7 Å². The summed E-state index contributed by atoms with van der Waals surface area (Å²) in [4.78, 5) is 23.0. The number of halogens is 1. The van der Waals surface area contributed by atoms with Crippen LogP contribution in [0.25, 0.3) is 0 Å². The van der Waals surface area contributed by atoms with Gasteiger partial charge in [0.15, 0.2) is 0 Å². The van der Waals surface area contributed by atoms with Gasteiger partial charge in [0.1, 0.15) is 5.78 Å². The predicted molar refractivity (Wildman–Crippen MR) is 73.0 cm³/mol. The van der Waals surface area contributed by atoms with Crippen LogP contribution in [-0.2, 0) is 4.79 Å². The highest BCUT2D eigenvalue weighted by Crippen LogP contribution is 2.43. The molecule has 0 spiro atoms. The van der Waals surface area contributed by atoms with Gasteiger partial charge >= 0.3 is 0 Å². The molecule has 0 radical (unpaired) electrons. The van der Waals surface area contributed by atoms with E-state index >= 15 is 0 Å². The van der Waals surface area contributed by atoms with Gasteiger partial charge in [-0.15, -0.1) is 0 Å². The lowest BCUT2D eigenvalue weighted by Gasteiger charge is -2.37. The molecule has 0 aliphatic heterocycles. The number of carbonyl (C=O) groups excluding carboxylic acids is 1. The Balaban J connectivity index is 2.42. The number of carbonyl (C=O) groups is 1. The van der Waals surface area contributed by atoms with Crippen LogP contribution in [0, 0.1) is 15.5 Å². The van der Waals surface area contributed by atoms with E-state index in [-0.39, 0.29) is 29.5 Å². The smallest absolute Gasteiger partial charge is 0.225 e. The van der Waals surface area contributed by atoms with Crippen molar-refractivity contribution in [1.82, 2.24) is 0 Å². The van der Waals surface area contributed by atoms with E-state index in [4.69, 9.17) is 11.6 Å². The molecule has 2 atom stereocenters. The van der Waals surface area contributed by atoms with Crippen molar-refractivity contribution in [2.75, 3.05) is 0 Å². The second kappa shape index (κ2) is 4.93. The third kappa shape index (κ3) is 2.78. The average molecular weight is 282 g/mol. The van der Waals surface area contributed by atoms with Crippen LogP contribution in [0.2, 0.25) is 5.02 Å². The van der Waals surface area contributed by atoms with Gasteiger partial charge in [-0.1, -0.05) is 37.6 Å². The molecule has 5 heteroatoms. The number of nitrogens with zero attached hydrogens (tertiary/aromatic N) is 1. The van der Waals surface area contributed by atoms with E-state index in [1.165, 1.54) is 0 Å². The fourth-order valence-corrected chi connectivity index (χ4v) is 3.15. The molecule has 0 bridgehead atoms. The van der Waals surface area contributed by atoms with Crippen molar-refractivity contribution in [3.8, 4) is 0 Å². The summed E-state index contributed by atoms with van der Waals surface area (Å²) in [6.07, 6.45) is 0.499. The maximum atomic E-state index is 11.8. The largest absolute Gasteiger partial charge is 0.300 e. The number of ketones is 1. The van der Waals surface area contributed by atoms with Crippen LogP contribution in [0.5, 0.6) is 0 Å². The number of rotatable bonds is 2. The molecule has 1 aliphatic carbocycles. The zero-order chi connectivity index (χ0) is 14.2. The zero-order valence-electron chi connectivity index (χ0n) is 10.9. The lowest BCUT2D eigenvalue weighted by Crippen LogP contribution is -2.47. The number of Topliss-reactive ketones (excluding diaryl/α,β-unsaturated/α-hetero) is 1. The Morgan fingerprint density at radius 1 is 1.32 bits per heavy atom. The van der Waals surface area contributed by atoms with Gasteiger partial charge < -0.3 is 0 Å². The van der Waals surface area contributed by atoms with Crippen LogP contribution in [0.4, 0.5) is 0 Å². The van der Waals surface area contributed by atoms with Gasteiger partial charge in [-0.3, -0.25) is 14.9 Å². The van der Waals surface area contributed by atoms with E-state index < -0.39 is 11.5 Å². The van der Waals surface area contributed by atoms with Gasteiger partial charge in [0.2, 0.25) is 6.04 Å². The summed E-state index contributed by atoms with van der Waals surface area (Å²) < 4.78 is 0. The molecule has 19 heavy (non-hydrogen) atoms. The van der Waals surface area contributed by atoms with Crippen molar-refractivity contribution in [3.05, 3.63) is 45.0 Å². The standard InChI is InChI=1S/C14H16ClNO3/c1-14(2)8-11(17)7-12(13(14)16(18)19)9-3-5-10(15)6-4-9/h3-6,12-13H,7-8H2,1-2H3. The van der Waals surface area contributed by atoms with Crippen molar-refractivity contribution >= 4 is 17.4 Å². The molecule has 2 rings (SSSR count). The van der Waals surface area contributed by atoms with E-state index in [1.54, 1.807) is 38.1 Å². The molecule has 1 aromatic carbocycles. The topological polar surface area (TPSA) is 60.2 Å². The molecule has 102 valence electrons. The highest BCUT2D eigenvalue weighted by atomic mass is 35.5. The van der Waals surface area contributed by atoms with Crippen molar-refractivity contribution in [3.63, 3.8) is 0 Å². The quantitative estimate of drug-likeness (QED) is 0.616. The van der Waals surface area contributed by atoms with Crippen molar-refractivity contribution < 1.29 is 9.72 Å². The van der Waals surface area contributed by atoms with E-state index in [2.05, 4.69) is 0 Å². The van der Waals surface area contributed by atoms with E-state index in [9.17, 15) is 14.9 Å². The second-order valence-corrected chi connectivity index (χ2v) is 6.23. The molecule has 0 saturated heterocycles. The minimum absolute atomic E-state index is 0.0862. The molecule has 1 saturated carbocycles. The maximum Gasteiger partial charge on any atom is 0.225 e. The number of hydrogen-bond acceptors (Lipinski definition) is 3.